The molecule has 2 amide bonds. The third kappa shape index (κ3) is 7.65. The molecule has 2 rings (SSSR count). The van der Waals surface area contributed by atoms with Crippen LogP contribution in [0.1, 0.15) is 32.8 Å². The zero-order valence-electron chi connectivity index (χ0n) is 20.5. The van der Waals surface area contributed by atoms with E-state index in [1.54, 1.807) is 31.2 Å². The van der Waals surface area contributed by atoms with Crippen LogP contribution >= 0.6 is 11.6 Å². The third-order valence-corrected chi connectivity index (χ3v) is 7.64. The number of anilines is 1. The fourth-order valence-corrected chi connectivity index (χ4v) is 4.34. The number of hydrogen-bond donors (Lipinski definition) is 1. The number of rotatable bonds is 11. The zero-order valence-corrected chi connectivity index (χ0v) is 22.1. The average Bonchev–Trinajstić information content (AvgIpc) is 2.81. The van der Waals surface area contributed by atoms with Crippen molar-refractivity contribution in [2.75, 3.05) is 24.9 Å². The van der Waals surface area contributed by atoms with Crippen LogP contribution in [0.25, 0.3) is 0 Å². The summed E-state index contributed by atoms with van der Waals surface area (Å²) in [6, 6.07) is 10.6. The first kappa shape index (κ1) is 28.5. The summed E-state index contributed by atoms with van der Waals surface area (Å²) < 4.78 is 41.4. The van der Waals surface area contributed by atoms with Crippen molar-refractivity contribution in [3.8, 4) is 0 Å². The normalized spacial score (nSPS) is 13.3. The van der Waals surface area contributed by atoms with Gasteiger partial charge in [-0.3, -0.25) is 9.59 Å². The number of nitrogens with zero attached hydrogens (tertiary/aromatic N) is 3. The lowest BCUT2D eigenvalue weighted by Crippen LogP contribution is -2.53. The quantitative estimate of drug-likeness (QED) is 0.486. The minimum Gasteiger partial charge on any atom is -0.352 e. The molecule has 0 saturated carbocycles. The largest absolute Gasteiger partial charge is 0.352 e. The van der Waals surface area contributed by atoms with Crippen molar-refractivity contribution >= 4 is 39.3 Å². The molecule has 2 aromatic rings. The van der Waals surface area contributed by atoms with E-state index in [9.17, 15) is 22.4 Å². The SMILES string of the molecule is CCC(C)NC(=O)C(C)N(Cc1ccc(Cl)cc1)C(=O)CN(c1ccc(F)cc1)S(=O)(=O)N(C)C. The Labute approximate surface area is 211 Å². The molecule has 8 nitrogen and oxygen atoms in total. The highest BCUT2D eigenvalue weighted by Crippen LogP contribution is 2.21. The Kier molecular flexibility index (Phi) is 10.1. The van der Waals surface area contributed by atoms with Crippen molar-refractivity contribution < 1.29 is 22.4 Å². The standard InChI is InChI=1S/C24H32ClFN4O4S/c1-6-17(2)27-24(32)18(3)29(15-19-7-9-20(25)10-8-19)23(31)16-30(35(33,34)28(4)5)22-13-11-21(26)12-14-22/h7-14,17-18H,6,15-16H2,1-5H3,(H,27,32). The topological polar surface area (TPSA) is 90.0 Å². The summed E-state index contributed by atoms with van der Waals surface area (Å²) in [6.07, 6.45) is 0.711. The van der Waals surface area contributed by atoms with Gasteiger partial charge in [-0.15, -0.1) is 0 Å². The van der Waals surface area contributed by atoms with Crippen LogP contribution in [-0.2, 0) is 26.3 Å². The fourth-order valence-electron chi connectivity index (χ4n) is 3.16. The smallest absolute Gasteiger partial charge is 0.304 e. The van der Waals surface area contributed by atoms with E-state index >= 15 is 0 Å². The maximum absolute atomic E-state index is 13.6. The number of nitrogens with one attached hydrogen (secondary N) is 1. The average molecular weight is 527 g/mol. The molecule has 2 atom stereocenters. The van der Waals surface area contributed by atoms with Gasteiger partial charge in [-0.25, -0.2) is 8.70 Å². The Hall–Kier alpha value is -2.69. The molecular formula is C24H32ClFN4O4S. The Morgan fingerprint density at radius 3 is 2.11 bits per heavy atom. The van der Waals surface area contributed by atoms with Crippen LogP contribution in [0.5, 0.6) is 0 Å². The van der Waals surface area contributed by atoms with Crippen LogP contribution in [0.2, 0.25) is 5.02 Å². The summed E-state index contributed by atoms with van der Waals surface area (Å²) in [5, 5.41) is 3.39. The van der Waals surface area contributed by atoms with Crippen molar-refractivity contribution in [2.45, 2.75) is 45.8 Å². The van der Waals surface area contributed by atoms with E-state index in [4.69, 9.17) is 11.6 Å². The van der Waals surface area contributed by atoms with Crippen molar-refractivity contribution in [3.63, 3.8) is 0 Å². The summed E-state index contributed by atoms with van der Waals surface area (Å²) in [5.74, 6) is -1.49. The molecule has 0 heterocycles. The van der Waals surface area contributed by atoms with Crippen molar-refractivity contribution in [3.05, 3.63) is 64.9 Å². The summed E-state index contributed by atoms with van der Waals surface area (Å²) in [7, 11) is -1.43. The zero-order chi connectivity index (χ0) is 26.3. The number of carbonyl (C=O) groups excluding carboxylic acids is 2. The van der Waals surface area contributed by atoms with E-state index in [-0.39, 0.29) is 24.2 Å². The highest BCUT2D eigenvalue weighted by Gasteiger charge is 2.32. The Morgan fingerprint density at radius 1 is 1.03 bits per heavy atom. The highest BCUT2D eigenvalue weighted by atomic mass is 35.5. The summed E-state index contributed by atoms with van der Waals surface area (Å²) in [4.78, 5) is 27.8. The summed E-state index contributed by atoms with van der Waals surface area (Å²) >= 11 is 5.98. The molecule has 192 valence electrons. The second-order valence-electron chi connectivity index (χ2n) is 8.42. The maximum atomic E-state index is 13.6. The first-order valence-electron chi connectivity index (χ1n) is 11.2. The lowest BCUT2D eigenvalue weighted by molar-refractivity contribution is -0.139. The van der Waals surface area contributed by atoms with Gasteiger partial charge in [0.05, 0.1) is 5.69 Å². The van der Waals surface area contributed by atoms with Gasteiger partial charge in [-0.05, 0) is 62.2 Å². The lowest BCUT2D eigenvalue weighted by Gasteiger charge is -2.33. The lowest BCUT2D eigenvalue weighted by atomic mass is 10.1. The number of carbonyl (C=O) groups is 2. The van der Waals surface area contributed by atoms with Gasteiger partial charge in [0.25, 0.3) is 0 Å². The molecule has 11 heteroatoms. The molecule has 0 fully saturated rings. The molecule has 0 radical (unpaired) electrons. The second kappa shape index (κ2) is 12.3. The van der Waals surface area contributed by atoms with E-state index in [2.05, 4.69) is 5.32 Å². The van der Waals surface area contributed by atoms with E-state index < -0.39 is 34.5 Å². The first-order valence-corrected chi connectivity index (χ1v) is 12.9. The minimum atomic E-state index is -4.10. The monoisotopic (exact) mass is 526 g/mol. The molecule has 35 heavy (non-hydrogen) atoms. The number of halogens is 2. The maximum Gasteiger partial charge on any atom is 0.304 e. The summed E-state index contributed by atoms with van der Waals surface area (Å²) in [5.41, 5.74) is 0.839. The summed E-state index contributed by atoms with van der Waals surface area (Å²) in [6.45, 7) is 4.86. The van der Waals surface area contributed by atoms with Crippen LogP contribution in [0, 0.1) is 5.82 Å². The van der Waals surface area contributed by atoms with Gasteiger partial charge in [-0.2, -0.15) is 12.7 Å². The van der Waals surface area contributed by atoms with Gasteiger partial charge in [0.1, 0.15) is 18.4 Å². The highest BCUT2D eigenvalue weighted by molar-refractivity contribution is 7.90. The van der Waals surface area contributed by atoms with E-state index in [1.165, 1.54) is 31.1 Å². The third-order valence-electron chi connectivity index (χ3n) is 5.57. The van der Waals surface area contributed by atoms with Crippen LogP contribution in [-0.4, -0.2) is 62.2 Å². The fraction of sp³-hybridized carbons (Fsp3) is 0.417. The Morgan fingerprint density at radius 2 is 1.60 bits per heavy atom. The molecule has 0 aromatic heterocycles. The van der Waals surface area contributed by atoms with Crippen molar-refractivity contribution in [2.24, 2.45) is 0 Å². The molecular weight excluding hydrogens is 495 g/mol. The number of amides is 2. The van der Waals surface area contributed by atoms with Gasteiger partial charge in [0.2, 0.25) is 11.8 Å². The predicted molar refractivity (Wildman–Crippen MR) is 136 cm³/mol. The van der Waals surface area contributed by atoms with Crippen molar-refractivity contribution in [1.82, 2.24) is 14.5 Å². The predicted octanol–water partition coefficient (Wildman–Crippen LogP) is 3.42. The van der Waals surface area contributed by atoms with Crippen molar-refractivity contribution in [1.29, 1.82) is 0 Å². The van der Waals surface area contributed by atoms with Gasteiger partial charge in [0, 0.05) is 31.7 Å². The molecule has 2 aromatic carbocycles. The van der Waals surface area contributed by atoms with Crippen LogP contribution in [0.4, 0.5) is 10.1 Å². The van der Waals surface area contributed by atoms with Crippen LogP contribution < -0.4 is 9.62 Å². The molecule has 0 aliphatic carbocycles. The Balaban J connectivity index is 2.43. The Bertz CT molecular complexity index is 1110. The van der Waals surface area contributed by atoms with E-state index in [1.807, 2.05) is 13.8 Å². The van der Waals surface area contributed by atoms with Gasteiger partial charge in [-0.1, -0.05) is 30.7 Å². The number of hydrogen-bond acceptors (Lipinski definition) is 4. The van der Waals surface area contributed by atoms with Gasteiger partial charge in [0.15, 0.2) is 0 Å². The first-order chi connectivity index (χ1) is 16.4. The van der Waals surface area contributed by atoms with E-state index in [0.717, 1.165) is 26.3 Å². The molecule has 0 aliphatic rings. The second-order valence-corrected chi connectivity index (χ2v) is 10.9. The molecule has 0 spiro atoms. The van der Waals surface area contributed by atoms with Crippen LogP contribution in [0.3, 0.4) is 0 Å². The molecule has 0 aliphatic heterocycles. The molecule has 0 bridgehead atoms. The van der Waals surface area contributed by atoms with Crippen LogP contribution in [0.15, 0.2) is 48.5 Å². The van der Waals surface area contributed by atoms with Gasteiger partial charge < -0.3 is 10.2 Å². The number of benzene rings is 2. The molecule has 2 unspecified atom stereocenters. The molecule has 0 saturated heterocycles. The van der Waals surface area contributed by atoms with Gasteiger partial charge >= 0.3 is 10.2 Å². The molecule has 1 N–H and O–H groups in total. The minimum absolute atomic E-state index is 0.0599. The van der Waals surface area contributed by atoms with E-state index in [0.29, 0.717) is 11.4 Å².